The van der Waals surface area contributed by atoms with Crippen LogP contribution in [0.2, 0.25) is 0 Å². The van der Waals surface area contributed by atoms with Crippen LogP contribution in [-0.4, -0.2) is 38.8 Å². The van der Waals surface area contributed by atoms with Gasteiger partial charge in [-0.3, -0.25) is 14.6 Å². The number of carbonyl (C=O) groups excluding carboxylic acids is 2. The van der Waals surface area contributed by atoms with Crippen LogP contribution in [-0.2, 0) is 6.42 Å². The lowest BCUT2D eigenvalue weighted by atomic mass is 9.90. The molecule has 1 aliphatic carbocycles. The maximum Gasteiger partial charge on any atom is 0.269 e. The molecule has 2 heterocycles. The van der Waals surface area contributed by atoms with Crippen LogP contribution in [0.25, 0.3) is 0 Å². The minimum atomic E-state index is -0.108. The number of aromatic nitrogens is 3. The van der Waals surface area contributed by atoms with Crippen LogP contribution in [0.3, 0.4) is 0 Å². The summed E-state index contributed by atoms with van der Waals surface area (Å²) in [6, 6.07) is 0.254. The first-order valence-electron chi connectivity index (χ1n) is 10.4. The Morgan fingerprint density at radius 2 is 1.55 bits per heavy atom. The van der Waals surface area contributed by atoms with E-state index >= 15 is 0 Å². The number of imidazole rings is 1. The van der Waals surface area contributed by atoms with Gasteiger partial charge in [-0.1, -0.05) is 13.8 Å². The lowest BCUT2D eigenvalue weighted by Crippen LogP contribution is -2.44. The van der Waals surface area contributed by atoms with Gasteiger partial charge in [-0.15, -0.1) is 0 Å². The minimum absolute atomic E-state index is 0.0370. The largest absolute Gasteiger partial charge is 0.349 e. The van der Waals surface area contributed by atoms with Crippen LogP contribution in [0.4, 0.5) is 0 Å². The molecule has 0 aromatic carbocycles. The molecule has 0 atom stereocenters. The monoisotopic (exact) mass is 397 g/mol. The summed E-state index contributed by atoms with van der Waals surface area (Å²) in [6.07, 6.45) is 9.26. The second-order valence-corrected chi connectivity index (χ2v) is 8.49. The van der Waals surface area contributed by atoms with E-state index in [-0.39, 0.29) is 23.9 Å². The van der Waals surface area contributed by atoms with E-state index in [4.69, 9.17) is 0 Å². The zero-order valence-corrected chi connectivity index (χ0v) is 17.7. The van der Waals surface area contributed by atoms with Gasteiger partial charge in [0.25, 0.3) is 11.8 Å². The molecule has 3 N–H and O–H groups in total. The highest BCUT2D eigenvalue weighted by Crippen LogP contribution is 2.20. The van der Waals surface area contributed by atoms with E-state index in [0.29, 0.717) is 17.2 Å². The first-order chi connectivity index (χ1) is 13.8. The van der Waals surface area contributed by atoms with Crippen molar-refractivity contribution < 1.29 is 9.59 Å². The number of aromatic amines is 1. The van der Waals surface area contributed by atoms with Gasteiger partial charge in [0, 0.05) is 36.5 Å². The topological polar surface area (TPSA) is 99.8 Å². The summed E-state index contributed by atoms with van der Waals surface area (Å²) < 4.78 is 0. The van der Waals surface area contributed by atoms with Crippen molar-refractivity contribution in [2.45, 2.75) is 71.9 Å². The summed E-state index contributed by atoms with van der Waals surface area (Å²) in [4.78, 5) is 36.7. The lowest BCUT2D eigenvalue weighted by Gasteiger charge is -2.29. The molecule has 2 amide bonds. The van der Waals surface area contributed by atoms with E-state index < -0.39 is 0 Å². The quantitative estimate of drug-likeness (QED) is 0.697. The summed E-state index contributed by atoms with van der Waals surface area (Å²) in [5.41, 5.74) is 3.01. The summed E-state index contributed by atoms with van der Waals surface area (Å²) >= 11 is 0. The van der Waals surface area contributed by atoms with E-state index in [0.717, 1.165) is 49.1 Å². The molecular formula is C22H31N5O2. The predicted octanol–water partition coefficient (Wildman–Crippen LogP) is 3.09. The van der Waals surface area contributed by atoms with E-state index in [9.17, 15) is 9.59 Å². The number of nitrogens with zero attached hydrogens (tertiary/aromatic N) is 2. The number of rotatable bonds is 6. The number of nitrogens with one attached hydrogen (secondary N) is 3. The molecule has 2 aromatic rings. The van der Waals surface area contributed by atoms with E-state index in [2.05, 4.69) is 39.4 Å². The van der Waals surface area contributed by atoms with Crippen molar-refractivity contribution >= 4 is 11.8 Å². The molecule has 0 saturated heterocycles. The van der Waals surface area contributed by atoms with Gasteiger partial charge in [0.05, 0.1) is 6.20 Å². The number of pyridine rings is 1. The van der Waals surface area contributed by atoms with E-state index in [1.165, 1.54) is 0 Å². The Labute approximate surface area is 172 Å². The number of carbonyl (C=O) groups is 2. The van der Waals surface area contributed by atoms with Gasteiger partial charge in [-0.2, -0.15) is 0 Å². The molecule has 0 spiro atoms. The van der Waals surface area contributed by atoms with Gasteiger partial charge < -0.3 is 15.6 Å². The lowest BCUT2D eigenvalue weighted by molar-refractivity contribution is 0.0889. The Morgan fingerprint density at radius 3 is 2.10 bits per heavy atom. The standard InChI is InChI=1S/C22H31N5O2/c1-13(2)9-19-24-12-18(27-19)21(28)25-16-5-7-17(8-6-16)26-22(29)20-14(3)10-23-11-15(20)4/h10-13,16-17H,5-9H2,1-4H3,(H,24,27)(H,25,28)(H,26,29). The van der Waals surface area contributed by atoms with Crippen LogP contribution in [0.15, 0.2) is 18.6 Å². The van der Waals surface area contributed by atoms with E-state index in [1.54, 1.807) is 18.6 Å². The number of hydrogen-bond donors (Lipinski definition) is 3. The fraction of sp³-hybridized carbons (Fsp3) is 0.545. The average Bonchev–Trinajstić information content (AvgIpc) is 3.11. The molecule has 7 nitrogen and oxygen atoms in total. The van der Waals surface area contributed by atoms with Crippen molar-refractivity contribution in [2.75, 3.05) is 0 Å². The minimum Gasteiger partial charge on any atom is -0.349 e. The van der Waals surface area contributed by atoms with Crippen LogP contribution < -0.4 is 10.6 Å². The molecule has 1 fully saturated rings. The molecule has 29 heavy (non-hydrogen) atoms. The van der Waals surface area contributed by atoms with Crippen molar-refractivity contribution in [2.24, 2.45) is 5.92 Å². The molecule has 3 rings (SSSR count). The third-order valence-electron chi connectivity index (χ3n) is 5.42. The third-order valence-corrected chi connectivity index (χ3v) is 5.42. The smallest absolute Gasteiger partial charge is 0.269 e. The first-order valence-corrected chi connectivity index (χ1v) is 10.4. The molecule has 0 aliphatic heterocycles. The zero-order chi connectivity index (χ0) is 21.0. The Hall–Kier alpha value is -2.70. The molecule has 0 bridgehead atoms. The van der Waals surface area contributed by atoms with Crippen molar-refractivity contribution in [1.82, 2.24) is 25.6 Å². The fourth-order valence-corrected chi connectivity index (χ4v) is 3.93. The number of amides is 2. The molecule has 1 aliphatic rings. The maximum atomic E-state index is 12.7. The van der Waals surface area contributed by atoms with Gasteiger partial charge >= 0.3 is 0 Å². The Morgan fingerprint density at radius 1 is 1.00 bits per heavy atom. The number of hydrogen-bond acceptors (Lipinski definition) is 4. The van der Waals surface area contributed by atoms with Gasteiger partial charge in [-0.05, 0) is 56.6 Å². The second-order valence-electron chi connectivity index (χ2n) is 8.49. The zero-order valence-electron chi connectivity index (χ0n) is 17.7. The first kappa shape index (κ1) is 21.0. The van der Waals surface area contributed by atoms with Gasteiger partial charge in [0.15, 0.2) is 0 Å². The number of aryl methyl sites for hydroxylation is 2. The van der Waals surface area contributed by atoms with Crippen LogP contribution in [0, 0.1) is 19.8 Å². The maximum absolute atomic E-state index is 12.7. The molecule has 0 radical (unpaired) electrons. The summed E-state index contributed by atoms with van der Waals surface area (Å²) in [5.74, 6) is 1.19. The van der Waals surface area contributed by atoms with Gasteiger partial charge in [-0.25, -0.2) is 4.98 Å². The van der Waals surface area contributed by atoms with Crippen molar-refractivity contribution in [3.63, 3.8) is 0 Å². The summed E-state index contributed by atoms with van der Waals surface area (Å²) in [7, 11) is 0. The van der Waals surface area contributed by atoms with Crippen molar-refractivity contribution in [3.05, 3.63) is 46.8 Å². The van der Waals surface area contributed by atoms with Crippen molar-refractivity contribution in [3.8, 4) is 0 Å². The normalized spacial score (nSPS) is 19.2. The third kappa shape index (κ3) is 5.43. The Bertz CT molecular complexity index is 846. The van der Waals surface area contributed by atoms with Crippen LogP contribution in [0.5, 0.6) is 0 Å². The highest BCUT2D eigenvalue weighted by molar-refractivity contribution is 5.97. The second kappa shape index (κ2) is 9.20. The molecule has 0 unspecified atom stereocenters. The molecule has 156 valence electrons. The molecular weight excluding hydrogens is 366 g/mol. The number of H-pyrrole nitrogens is 1. The SMILES string of the molecule is Cc1cncc(C)c1C(=O)NC1CCC(NC(=O)c2cnc(CC(C)C)[nH]2)CC1. The predicted molar refractivity (Wildman–Crippen MR) is 112 cm³/mol. The molecule has 1 saturated carbocycles. The molecule has 7 heteroatoms. The molecule has 2 aromatic heterocycles. The average molecular weight is 398 g/mol. The summed E-state index contributed by atoms with van der Waals surface area (Å²) in [6.45, 7) is 8.06. The van der Waals surface area contributed by atoms with Crippen molar-refractivity contribution in [1.29, 1.82) is 0 Å². The summed E-state index contributed by atoms with van der Waals surface area (Å²) in [5, 5.41) is 6.24. The van der Waals surface area contributed by atoms with Gasteiger partial charge in [0.1, 0.15) is 11.5 Å². The van der Waals surface area contributed by atoms with Crippen LogP contribution in [0.1, 0.15) is 77.3 Å². The Balaban J connectivity index is 1.48. The van der Waals surface area contributed by atoms with Crippen LogP contribution >= 0.6 is 0 Å². The van der Waals surface area contributed by atoms with E-state index in [1.807, 2.05) is 13.8 Å². The highest BCUT2D eigenvalue weighted by Gasteiger charge is 2.25. The Kier molecular flexibility index (Phi) is 6.67. The van der Waals surface area contributed by atoms with Gasteiger partial charge in [0.2, 0.25) is 0 Å². The fourth-order valence-electron chi connectivity index (χ4n) is 3.93. The highest BCUT2D eigenvalue weighted by atomic mass is 16.2.